The molecule has 4 rings (SSSR count). The number of amidine groups is 1. The fourth-order valence-corrected chi connectivity index (χ4v) is 3.94. The minimum atomic E-state index is -4.54. The van der Waals surface area contributed by atoms with Crippen LogP contribution in [0.1, 0.15) is 31.1 Å². The third-order valence-electron chi connectivity index (χ3n) is 5.26. The number of anilines is 2. The summed E-state index contributed by atoms with van der Waals surface area (Å²) in [7, 11) is 0. The van der Waals surface area contributed by atoms with E-state index in [1.165, 1.54) is 24.0 Å². The number of para-hydroxylation sites is 1. The van der Waals surface area contributed by atoms with E-state index in [9.17, 15) is 18.0 Å². The first-order valence-corrected chi connectivity index (χ1v) is 10.9. The van der Waals surface area contributed by atoms with Crippen LogP contribution in [0, 0.1) is 0 Å². The summed E-state index contributed by atoms with van der Waals surface area (Å²) < 4.78 is 46.4. The lowest BCUT2D eigenvalue weighted by Gasteiger charge is -2.33. The molecular formula is C25H21ClF3N3O2. The second-order valence-corrected chi connectivity index (χ2v) is 8.00. The lowest BCUT2D eigenvalue weighted by Crippen LogP contribution is -2.38. The highest BCUT2D eigenvalue weighted by molar-refractivity contribution is 6.44. The molecule has 3 aromatic rings. The molecule has 1 atom stereocenters. The Hall–Kier alpha value is -3.52. The molecule has 34 heavy (non-hydrogen) atoms. The third-order valence-corrected chi connectivity index (χ3v) is 5.51. The van der Waals surface area contributed by atoms with Crippen molar-refractivity contribution in [2.75, 3.05) is 16.5 Å². The van der Waals surface area contributed by atoms with Crippen LogP contribution < -0.4 is 14.6 Å². The van der Waals surface area contributed by atoms with Gasteiger partial charge >= 0.3 is 6.18 Å². The third kappa shape index (κ3) is 4.59. The second-order valence-electron chi connectivity index (χ2n) is 7.56. The Morgan fingerprint density at radius 1 is 1.03 bits per heavy atom. The summed E-state index contributed by atoms with van der Waals surface area (Å²) in [6.45, 7) is 3.55. The molecule has 0 saturated carbocycles. The van der Waals surface area contributed by atoms with Gasteiger partial charge in [-0.3, -0.25) is 9.69 Å². The van der Waals surface area contributed by atoms with E-state index in [0.717, 1.165) is 12.1 Å². The van der Waals surface area contributed by atoms with Crippen LogP contribution in [0.15, 0.2) is 77.9 Å². The van der Waals surface area contributed by atoms with Crippen LogP contribution in [0.25, 0.3) is 0 Å². The number of ketones is 1. The van der Waals surface area contributed by atoms with E-state index in [0.29, 0.717) is 28.6 Å². The molecule has 3 aromatic carbocycles. The molecule has 0 amide bonds. The summed E-state index contributed by atoms with van der Waals surface area (Å²) in [6, 6.07) is 18.8. The molecule has 1 aliphatic heterocycles. The van der Waals surface area contributed by atoms with E-state index in [4.69, 9.17) is 16.3 Å². The maximum absolute atomic E-state index is 13.5. The standard InChI is InChI=1S/C25H21ClF3N3O2/c1-3-34-22-10-5-4-9-21(22)24-31(20-8-6-7-17(15-20)25(27,28)29)23(16(2)33)30-32(24)19-13-11-18(26)12-14-19/h4-15,24H,3H2,1-2H3. The number of carbonyl (C=O) groups excluding carboxylic acids is 1. The average molecular weight is 488 g/mol. The van der Waals surface area contributed by atoms with Crippen LogP contribution in [0.2, 0.25) is 5.02 Å². The summed E-state index contributed by atoms with van der Waals surface area (Å²) in [5.41, 5.74) is 0.594. The van der Waals surface area contributed by atoms with Crippen molar-refractivity contribution in [2.45, 2.75) is 26.2 Å². The minimum Gasteiger partial charge on any atom is -0.493 e. The van der Waals surface area contributed by atoms with Crippen molar-refractivity contribution in [3.63, 3.8) is 0 Å². The topological polar surface area (TPSA) is 45.1 Å². The van der Waals surface area contributed by atoms with E-state index in [1.807, 2.05) is 6.92 Å². The van der Waals surface area contributed by atoms with Gasteiger partial charge in [-0.05, 0) is 55.5 Å². The summed E-state index contributed by atoms with van der Waals surface area (Å²) in [5.74, 6) is 0.143. The van der Waals surface area contributed by atoms with Crippen molar-refractivity contribution in [3.8, 4) is 5.75 Å². The van der Waals surface area contributed by atoms with Gasteiger partial charge in [-0.15, -0.1) is 5.10 Å². The predicted molar refractivity (Wildman–Crippen MR) is 126 cm³/mol. The van der Waals surface area contributed by atoms with Gasteiger partial charge in [0.25, 0.3) is 0 Å². The Balaban J connectivity index is 1.94. The molecule has 0 aromatic heterocycles. The fourth-order valence-electron chi connectivity index (χ4n) is 3.81. The van der Waals surface area contributed by atoms with Crippen molar-refractivity contribution >= 4 is 34.6 Å². The van der Waals surface area contributed by atoms with E-state index in [2.05, 4.69) is 5.10 Å². The Kier molecular flexibility index (Phi) is 6.52. The summed E-state index contributed by atoms with van der Waals surface area (Å²) in [4.78, 5) is 14.2. The molecule has 176 valence electrons. The number of ether oxygens (including phenoxy) is 1. The fraction of sp³-hybridized carbons (Fsp3) is 0.200. The van der Waals surface area contributed by atoms with Crippen molar-refractivity contribution in [3.05, 3.63) is 88.9 Å². The van der Waals surface area contributed by atoms with Crippen molar-refractivity contribution in [1.29, 1.82) is 0 Å². The van der Waals surface area contributed by atoms with E-state index >= 15 is 0 Å². The van der Waals surface area contributed by atoms with E-state index in [1.54, 1.807) is 53.5 Å². The van der Waals surface area contributed by atoms with Crippen LogP contribution in [0.4, 0.5) is 24.5 Å². The maximum Gasteiger partial charge on any atom is 0.416 e. The zero-order valence-corrected chi connectivity index (χ0v) is 19.1. The quantitative estimate of drug-likeness (QED) is 0.389. The van der Waals surface area contributed by atoms with Gasteiger partial charge in [-0.1, -0.05) is 35.9 Å². The highest BCUT2D eigenvalue weighted by Crippen LogP contribution is 2.43. The molecule has 1 aliphatic rings. The number of benzene rings is 3. The smallest absolute Gasteiger partial charge is 0.416 e. The van der Waals surface area contributed by atoms with Gasteiger partial charge in [0.15, 0.2) is 17.8 Å². The maximum atomic E-state index is 13.5. The Morgan fingerprint density at radius 3 is 2.38 bits per heavy atom. The molecule has 0 saturated heterocycles. The first-order valence-electron chi connectivity index (χ1n) is 10.5. The Labute approximate surface area is 200 Å². The van der Waals surface area contributed by atoms with E-state index < -0.39 is 23.7 Å². The Bertz CT molecular complexity index is 1230. The lowest BCUT2D eigenvalue weighted by atomic mass is 10.1. The van der Waals surface area contributed by atoms with Crippen LogP contribution in [0.3, 0.4) is 0 Å². The van der Waals surface area contributed by atoms with E-state index in [-0.39, 0.29) is 11.5 Å². The molecule has 1 unspecified atom stereocenters. The SMILES string of the molecule is CCOc1ccccc1C1N(c2ccc(Cl)cc2)N=C(C(C)=O)N1c1cccc(C(F)(F)F)c1. The number of hydrazone groups is 1. The van der Waals surface area contributed by atoms with Gasteiger partial charge in [-0.25, -0.2) is 5.01 Å². The van der Waals surface area contributed by atoms with Gasteiger partial charge in [0.05, 0.1) is 17.9 Å². The largest absolute Gasteiger partial charge is 0.493 e. The number of nitrogens with zero attached hydrogens (tertiary/aromatic N) is 3. The summed E-state index contributed by atoms with van der Waals surface area (Å²) >= 11 is 6.06. The summed E-state index contributed by atoms with van der Waals surface area (Å²) in [6.07, 6.45) is -5.33. The molecule has 0 bridgehead atoms. The second kappa shape index (κ2) is 9.38. The number of hydrogen-bond acceptors (Lipinski definition) is 5. The zero-order valence-electron chi connectivity index (χ0n) is 18.4. The number of halogens is 4. The van der Waals surface area contributed by atoms with Gasteiger partial charge < -0.3 is 4.74 Å². The molecule has 0 aliphatic carbocycles. The summed E-state index contributed by atoms with van der Waals surface area (Å²) in [5, 5.41) is 6.64. The van der Waals surface area contributed by atoms with Crippen molar-refractivity contribution in [1.82, 2.24) is 0 Å². The molecule has 0 spiro atoms. The number of carbonyl (C=O) groups is 1. The van der Waals surface area contributed by atoms with Gasteiger partial charge in [0.1, 0.15) is 5.75 Å². The lowest BCUT2D eigenvalue weighted by molar-refractivity contribution is -0.137. The van der Waals surface area contributed by atoms with Crippen LogP contribution in [0.5, 0.6) is 5.75 Å². The molecule has 0 radical (unpaired) electrons. The predicted octanol–water partition coefficient (Wildman–Crippen LogP) is 6.69. The highest BCUT2D eigenvalue weighted by Gasteiger charge is 2.41. The average Bonchev–Trinajstić information content (AvgIpc) is 3.20. The monoisotopic (exact) mass is 487 g/mol. The zero-order chi connectivity index (χ0) is 24.5. The highest BCUT2D eigenvalue weighted by atomic mass is 35.5. The van der Waals surface area contributed by atoms with Crippen LogP contribution >= 0.6 is 11.6 Å². The van der Waals surface area contributed by atoms with Gasteiger partial charge in [0, 0.05) is 23.2 Å². The molecular weight excluding hydrogens is 467 g/mol. The van der Waals surface area contributed by atoms with Crippen molar-refractivity contribution in [2.24, 2.45) is 5.10 Å². The van der Waals surface area contributed by atoms with Crippen molar-refractivity contribution < 1.29 is 22.7 Å². The Morgan fingerprint density at radius 2 is 1.74 bits per heavy atom. The molecule has 5 nitrogen and oxygen atoms in total. The van der Waals surface area contributed by atoms with Crippen LogP contribution in [-0.2, 0) is 11.0 Å². The first kappa shape index (κ1) is 23.6. The van der Waals surface area contributed by atoms with Crippen LogP contribution in [-0.4, -0.2) is 18.2 Å². The number of alkyl halides is 3. The van der Waals surface area contributed by atoms with Gasteiger partial charge in [0.2, 0.25) is 0 Å². The number of rotatable bonds is 6. The number of hydrogen-bond donors (Lipinski definition) is 0. The number of Topliss-reactive ketones (excluding diaryl/α,β-unsaturated/α-hetero) is 1. The molecule has 1 heterocycles. The molecule has 9 heteroatoms. The van der Waals surface area contributed by atoms with Gasteiger partial charge in [-0.2, -0.15) is 13.2 Å². The minimum absolute atomic E-state index is 0.00516. The normalized spacial score (nSPS) is 15.9. The molecule has 0 N–H and O–H groups in total. The first-order chi connectivity index (χ1) is 16.2. The molecule has 0 fully saturated rings.